The molecule has 4 rings (SSSR count). The third-order valence-corrected chi connectivity index (χ3v) is 4.70. The number of carbonyl (C=O) groups excluding carboxylic acids is 1. The van der Waals surface area contributed by atoms with Gasteiger partial charge in [0.25, 0.3) is 5.91 Å². The van der Waals surface area contributed by atoms with Crippen LogP contribution in [0.15, 0.2) is 36.9 Å². The molecule has 1 unspecified atom stereocenters. The summed E-state index contributed by atoms with van der Waals surface area (Å²) in [6, 6.07) is 7.80. The minimum absolute atomic E-state index is 0.103. The summed E-state index contributed by atoms with van der Waals surface area (Å²) in [5.41, 5.74) is 4.70. The smallest absolute Gasteiger partial charge is 0.272 e. The highest BCUT2D eigenvalue weighted by molar-refractivity contribution is 5.94. The molecule has 0 radical (unpaired) electrons. The number of hydrogen-bond acceptors (Lipinski definition) is 4. The van der Waals surface area contributed by atoms with Crippen LogP contribution in [-0.4, -0.2) is 30.9 Å². The van der Waals surface area contributed by atoms with Crippen molar-refractivity contribution in [1.82, 2.24) is 30.3 Å². The van der Waals surface area contributed by atoms with Gasteiger partial charge in [-0.05, 0) is 50.3 Å². The van der Waals surface area contributed by atoms with Crippen molar-refractivity contribution in [1.29, 1.82) is 0 Å². The predicted octanol–water partition coefficient (Wildman–Crippen LogP) is 2.36. The first-order chi connectivity index (χ1) is 12.2. The Hall–Kier alpha value is -2.96. The lowest BCUT2D eigenvalue weighted by Gasteiger charge is -2.15. The quantitative estimate of drug-likeness (QED) is 0.765. The van der Waals surface area contributed by atoms with Crippen molar-refractivity contribution in [3.8, 4) is 5.69 Å². The van der Waals surface area contributed by atoms with Gasteiger partial charge in [-0.2, -0.15) is 10.2 Å². The SMILES string of the molecule is CC(NC(=O)c1n[nH]c2c1CCCC2)c1ccc(-n2cncn2)cc1. The molecule has 1 aromatic carbocycles. The average Bonchev–Trinajstić information content (AvgIpc) is 3.31. The van der Waals surface area contributed by atoms with Crippen molar-refractivity contribution in [2.45, 2.75) is 38.6 Å². The van der Waals surface area contributed by atoms with Gasteiger partial charge in [0.05, 0.1) is 11.7 Å². The number of H-pyrrole nitrogens is 1. The first-order valence-electron chi connectivity index (χ1n) is 8.54. The Bertz CT molecular complexity index is 866. The van der Waals surface area contributed by atoms with Crippen molar-refractivity contribution in [2.75, 3.05) is 0 Å². The zero-order valence-corrected chi connectivity index (χ0v) is 14.1. The summed E-state index contributed by atoms with van der Waals surface area (Å²) in [6.07, 6.45) is 7.34. The summed E-state index contributed by atoms with van der Waals surface area (Å²) in [5.74, 6) is -0.118. The van der Waals surface area contributed by atoms with E-state index in [1.165, 1.54) is 6.33 Å². The second-order valence-corrected chi connectivity index (χ2v) is 6.36. The number of aromatic nitrogens is 5. The summed E-state index contributed by atoms with van der Waals surface area (Å²) in [5, 5.41) is 14.4. The predicted molar refractivity (Wildman–Crippen MR) is 92.5 cm³/mol. The number of rotatable bonds is 4. The molecular formula is C18H20N6O. The number of benzene rings is 1. The monoisotopic (exact) mass is 336 g/mol. The molecule has 0 bridgehead atoms. The van der Waals surface area contributed by atoms with Gasteiger partial charge in [0.2, 0.25) is 0 Å². The number of carbonyl (C=O) groups is 1. The lowest BCUT2D eigenvalue weighted by atomic mass is 9.95. The van der Waals surface area contributed by atoms with Gasteiger partial charge in [-0.1, -0.05) is 12.1 Å². The number of fused-ring (bicyclic) bond motifs is 1. The summed E-state index contributed by atoms with van der Waals surface area (Å²) in [4.78, 5) is 16.5. The number of aryl methyl sites for hydroxylation is 1. The van der Waals surface area contributed by atoms with Crippen LogP contribution in [0.4, 0.5) is 0 Å². The molecule has 1 atom stereocenters. The second kappa shape index (κ2) is 6.51. The first kappa shape index (κ1) is 15.6. The molecular weight excluding hydrogens is 316 g/mol. The number of nitrogens with zero attached hydrogens (tertiary/aromatic N) is 4. The molecule has 7 heteroatoms. The molecule has 0 aliphatic heterocycles. The van der Waals surface area contributed by atoms with E-state index < -0.39 is 0 Å². The van der Waals surface area contributed by atoms with E-state index in [-0.39, 0.29) is 11.9 Å². The van der Waals surface area contributed by atoms with Crippen molar-refractivity contribution in [2.24, 2.45) is 0 Å². The Morgan fingerprint density at radius 2 is 2.04 bits per heavy atom. The summed E-state index contributed by atoms with van der Waals surface area (Å²) in [7, 11) is 0. The maximum absolute atomic E-state index is 12.6. The lowest BCUT2D eigenvalue weighted by molar-refractivity contribution is 0.0933. The van der Waals surface area contributed by atoms with Crippen molar-refractivity contribution in [3.05, 3.63) is 59.4 Å². The molecule has 7 nitrogen and oxygen atoms in total. The molecule has 3 aromatic rings. The van der Waals surface area contributed by atoms with Gasteiger partial charge in [0, 0.05) is 11.3 Å². The molecule has 0 fully saturated rings. The van der Waals surface area contributed by atoms with E-state index in [0.29, 0.717) is 5.69 Å². The molecule has 2 N–H and O–H groups in total. The number of aromatic amines is 1. The number of nitrogens with one attached hydrogen (secondary N) is 2. The van der Waals surface area contributed by atoms with Gasteiger partial charge in [-0.25, -0.2) is 9.67 Å². The Morgan fingerprint density at radius 3 is 2.80 bits per heavy atom. The van der Waals surface area contributed by atoms with E-state index in [1.807, 2.05) is 31.2 Å². The van der Waals surface area contributed by atoms with Crippen LogP contribution in [0.25, 0.3) is 5.69 Å². The molecule has 1 aliphatic rings. The van der Waals surface area contributed by atoms with Gasteiger partial charge in [0.15, 0.2) is 5.69 Å². The van der Waals surface area contributed by atoms with Crippen LogP contribution in [0.3, 0.4) is 0 Å². The van der Waals surface area contributed by atoms with Crippen LogP contribution in [0.1, 0.15) is 53.1 Å². The van der Waals surface area contributed by atoms with Crippen LogP contribution >= 0.6 is 0 Å². The van der Waals surface area contributed by atoms with E-state index in [2.05, 4.69) is 25.6 Å². The molecule has 128 valence electrons. The largest absolute Gasteiger partial charge is 0.344 e. The minimum atomic E-state index is -0.118. The van der Waals surface area contributed by atoms with E-state index in [1.54, 1.807) is 11.0 Å². The van der Waals surface area contributed by atoms with Crippen LogP contribution in [0.5, 0.6) is 0 Å². The standard InChI is InChI=1S/C18H20N6O/c1-12(13-6-8-14(9-7-13)24-11-19-10-20-24)21-18(25)17-15-4-2-3-5-16(15)22-23-17/h6-12H,2-5H2,1H3,(H,21,25)(H,22,23). The Morgan fingerprint density at radius 1 is 1.24 bits per heavy atom. The van der Waals surface area contributed by atoms with Gasteiger partial charge in [-0.3, -0.25) is 9.89 Å². The summed E-state index contributed by atoms with van der Waals surface area (Å²) >= 11 is 0. The first-order valence-corrected chi connectivity index (χ1v) is 8.54. The average molecular weight is 336 g/mol. The fourth-order valence-corrected chi connectivity index (χ4v) is 3.27. The van der Waals surface area contributed by atoms with Gasteiger partial charge in [0.1, 0.15) is 12.7 Å². The fraction of sp³-hybridized carbons (Fsp3) is 0.333. The summed E-state index contributed by atoms with van der Waals surface area (Å²) in [6.45, 7) is 1.97. The van der Waals surface area contributed by atoms with E-state index >= 15 is 0 Å². The molecule has 0 saturated carbocycles. The summed E-state index contributed by atoms with van der Waals surface area (Å²) < 4.78 is 1.70. The minimum Gasteiger partial charge on any atom is -0.344 e. The molecule has 1 aliphatic carbocycles. The Balaban J connectivity index is 1.47. The zero-order valence-electron chi connectivity index (χ0n) is 14.1. The number of amides is 1. The van der Waals surface area contributed by atoms with Crippen molar-refractivity contribution >= 4 is 5.91 Å². The maximum atomic E-state index is 12.6. The highest BCUT2D eigenvalue weighted by atomic mass is 16.2. The molecule has 1 amide bonds. The number of hydrogen-bond donors (Lipinski definition) is 2. The Kier molecular flexibility index (Phi) is 4.05. The molecule has 2 heterocycles. The lowest BCUT2D eigenvalue weighted by Crippen LogP contribution is -2.28. The maximum Gasteiger partial charge on any atom is 0.272 e. The topological polar surface area (TPSA) is 88.5 Å². The van der Waals surface area contributed by atoms with Crippen LogP contribution in [-0.2, 0) is 12.8 Å². The third kappa shape index (κ3) is 3.05. The fourth-order valence-electron chi connectivity index (χ4n) is 3.27. The highest BCUT2D eigenvalue weighted by Gasteiger charge is 2.22. The molecule has 2 aromatic heterocycles. The third-order valence-electron chi connectivity index (χ3n) is 4.70. The Labute approximate surface area is 145 Å². The van der Waals surface area contributed by atoms with Crippen LogP contribution < -0.4 is 5.32 Å². The van der Waals surface area contributed by atoms with E-state index in [9.17, 15) is 4.79 Å². The molecule has 0 spiro atoms. The van der Waals surface area contributed by atoms with E-state index in [4.69, 9.17) is 0 Å². The van der Waals surface area contributed by atoms with Crippen molar-refractivity contribution in [3.63, 3.8) is 0 Å². The molecule has 0 saturated heterocycles. The van der Waals surface area contributed by atoms with Crippen LogP contribution in [0.2, 0.25) is 0 Å². The van der Waals surface area contributed by atoms with Crippen molar-refractivity contribution < 1.29 is 4.79 Å². The second-order valence-electron chi connectivity index (χ2n) is 6.36. The van der Waals surface area contributed by atoms with Crippen LogP contribution in [0, 0.1) is 0 Å². The van der Waals surface area contributed by atoms with Gasteiger partial charge in [-0.15, -0.1) is 0 Å². The van der Waals surface area contributed by atoms with Gasteiger partial charge >= 0.3 is 0 Å². The van der Waals surface area contributed by atoms with Gasteiger partial charge < -0.3 is 5.32 Å². The normalized spacial score (nSPS) is 14.8. The zero-order chi connectivity index (χ0) is 17.2. The van der Waals surface area contributed by atoms with E-state index in [0.717, 1.165) is 48.2 Å². The molecule has 25 heavy (non-hydrogen) atoms. The highest BCUT2D eigenvalue weighted by Crippen LogP contribution is 2.23.